The van der Waals surface area contributed by atoms with Gasteiger partial charge in [0.25, 0.3) is 5.91 Å². The molecule has 1 fully saturated rings. The summed E-state index contributed by atoms with van der Waals surface area (Å²) in [6.07, 6.45) is 1.83. The van der Waals surface area contributed by atoms with Gasteiger partial charge in [-0.05, 0) is 49.2 Å². The number of ether oxygens (including phenoxy) is 1. The van der Waals surface area contributed by atoms with Crippen LogP contribution in [0.25, 0.3) is 10.2 Å². The Morgan fingerprint density at radius 2 is 1.87 bits per heavy atom. The number of rotatable bonds is 5. The maximum Gasteiger partial charge on any atom is 0.273 e. The predicted octanol–water partition coefficient (Wildman–Crippen LogP) is 5.49. The van der Waals surface area contributed by atoms with Gasteiger partial charge in [0.2, 0.25) is 0 Å². The summed E-state index contributed by atoms with van der Waals surface area (Å²) in [5.74, 6) is 0.631. The number of thiazole rings is 2. The largest absolute Gasteiger partial charge is 0.486 e. The molecule has 2 aromatic carbocycles. The van der Waals surface area contributed by atoms with Gasteiger partial charge in [-0.25, -0.2) is 14.4 Å². The van der Waals surface area contributed by atoms with Crippen molar-refractivity contribution in [2.45, 2.75) is 25.4 Å². The van der Waals surface area contributed by atoms with E-state index in [-0.39, 0.29) is 18.3 Å². The molecule has 0 spiro atoms. The molecule has 4 aromatic rings. The van der Waals surface area contributed by atoms with Gasteiger partial charge in [-0.15, -0.1) is 22.7 Å². The number of fused-ring (bicyclic) bond motifs is 1. The molecule has 0 radical (unpaired) electrons. The Bertz CT molecular complexity index is 1160. The van der Waals surface area contributed by atoms with E-state index in [0.717, 1.165) is 23.4 Å². The van der Waals surface area contributed by atoms with Crippen molar-refractivity contribution >= 4 is 38.8 Å². The lowest BCUT2D eigenvalue weighted by Crippen LogP contribution is -2.38. The highest BCUT2D eigenvalue weighted by molar-refractivity contribution is 7.18. The van der Waals surface area contributed by atoms with Crippen LogP contribution in [0.2, 0.25) is 0 Å². The number of carbonyl (C=O) groups is 1. The lowest BCUT2D eigenvalue weighted by Gasteiger charge is -2.30. The molecule has 1 aliphatic heterocycles. The molecule has 5 rings (SSSR count). The Labute approximate surface area is 187 Å². The zero-order valence-corrected chi connectivity index (χ0v) is 18.3. The number of nitrogens with zero attached hydrogens (tertiary/aromatic N) is 3. The van der Waals surface area contributed by atoms with Crippen LogP contribution in [-0.2, 0) is 6.61 Å². The molecule has 0 aliphatic carbocycles. The molecular formula is C23H20FN3O2S2. The molecule has 0 bridgehead atoms. The number of hydrogen-bond acceptors (Lipinski definition) is 6. The minimum Gasteiger partial charge on any atom is -0.486 e. The third-order valence-corrected chi connectivity index (χ3v) is 7.41. The second kappa shape index (κ2) is 8.72. The first-order chi connectivity index (χ1) is 15.2. The summed E-state index contributed by atoms with van der Waals surface area (Å²) in [6.45, 7) is 1.67. The Balaban J connectivity index is 1.17. The van der Waals surface area contributed by atoms with E-state index in [1.807, 2.05) is 23.1 Å². The van der Waals surface area contributed by atoms with E-state index in [1.54, 1.807) is 28.8 Å². The fourth-order valence-electron chi connectivity index (χ4n) is 3.71. The molecule has 3 heterocycles. The van der Waals surface area contributed by atoms with E-state index < -0.39 is 0 Å². The van der Waals surface area contributed by atoms with Crippen LogP contribution in [0.1, 0.15) is 39.3 Å². The third-order valence-electron chi connectivity index (χ3n) is 5.39. The number of halogens is 1. The molecule has 0 saturated carbocycles. The number of carbonyl (C=O) groups excluding carboxylic acids is 1. The summed E-state index contributed by atoms with van der Waals surface area (Å²) in [7, 11) is 0. The lowest BCUT2D eigenvalue weighted by atomic mass is 9.97. The highest BCUT2D eigenvalue weighted by Gasteiger charge is 2.27. The highest BCUT2D eigenvalue weighted by Crippen LogP contribution is 2.34. The van der Waals surface area contributed by atoms with E-state index >= 15 is 0 Å². The summed E-state index contributed by atoms with van der Waals surface area (Å²) in [5.41, 5.74) is 1.51. The third kappa shape index (κ3) is 4.45. The van der Waals surface area contributed by atoms with Crippen LogP contribution in [-0.4, -0.2) is 33.9 Å². The molecule has 2 aromatic heterocycles. The Morgan fingerprint density at radius 1 is 1.10 bits per heavy atom. The van der Waals surface area contributed by atoms with Crippen molar-refractivity contribution in [2.24, 2.45) is 0 Å². The van der Waals surface area contributed by atoms with Crippen molar-refractivity contribution in [3.8, 4) is 5.75 Å². The van der Waals surface area contributed by atoms with Gasteiger partial charge in [0.1, 0.15) is 28.9 Å². The molecule has 0 unspecified atom stereocenters. The number of aromatic nitrogens is 2. The zero-order chi connectivity index (χ0) is 21.2. The molecular weight excluding hydrogens is 433 g/mol. The zero-order valence-electron chi connectivity index (χ0n) is 16.7. The first kappa shape index (κ1) is 20.1. The fraction of sp³-hybridized carbons (Fsp3) is 0.261. The first-order valence-corrected chi connectivity index (χ1v) is 11.8. The van der Waals surface area contributed by atoms with Crippen LogP contribution in [0.5, 0.6) is 5.75 Å². The normalized spacial score (nSPS) is 14.8. The van der Waals surface area contributed by atoms with Gasteiger partial charge in [0.15, 0.2) is 0 Å². The van der Waals surface area contributed by atoms with E-state index in [2.05, 4.69) is 11.1 Å². The minimum atomic E-state index is -0.304. The number of para-hydroxylation sites is 1. The van der Waals surface area contributed by atoms with Gasteiger partial charge in [-0.2, -0.15) is 0 Å². The standard InChI is InChI=1S/C23H20FN3O2S2/c24-16-5-7-17(8-6-16)29-13-21-25-19(14-30-21)23(28)27-11-9-15(10-12-27)22-26-18-3-1-2-4-20(18)31-22/h1-8,14-15H,9-13H2. The molecule has 8 heteroatoms. The first-order valence-electron chi connectivity index (χ1n) is 10.1. The molecule has 5 nitrogen and oxygen atoms in total. The SMILES string of the molecule is O=C(c1csc(COc2ccc(F)cc2)n1)N1CCC(c2nc3ccccc3s2)CC1. The summed E-state index contributed by atoms with van der Waals surface area (Å²) >= 11 is 3.16. The predicted molar refractivity (Wildman–Crippen MR) is 120 cm³/mol. The van der Waals surface area contributed by atoms with Gasteiger partial charge in [0.05, 0.1) is 15.2 Å². The second-order valence-corrected chi connectivity index (χ2v) is 9.46. The van der Waals surface area contributed by atoms with Crippen LogP contribution in [0.15, 0.2) is 53.9 Å². The number of likely N-dealkylation sites (tertiary alicyclic amines) is 1. The van der Waals surface area contributed by atoms with Crippen molar-refractivity contribution in [3.05, 3.63) is 75.4 Å². The quantitative estimate of drug-likeness (QED) is 0.401. The van der Waals surface area contributed by atoms with Crippen molar-refractivity contribution in [1.29, 1.82) is 0 Å². The van der Waals surface area contributed by atoms with Crippen LogP contribution < -0.4 is 4.74 Å². The summed E-state index contributed by atoms with van der Waals surface area (Å²) in [5, 5.41) is 3.67. The average molecular weight is 454 g/mol. The van der Waals surface area contributed by atoms with Gasteiger partial charge in [-0.3, -0.25) is 4.79 Å². The van der Waals surface area contributed by atoms with Gasteiger partial charge < -0.3 is 9.64 Å². The van der Waals surface area contributed by atoms with Crippen molar-refractivity contribution in [1.82, 2.24) is 14.9 Å². The Kier molecular flexibility index (Phi) is 5.65. The minimum absolute atomic E-state index is 0.0352. The van der Waals surface area contributed by atoms with E-state index in [4.69, 9.17) is 9.72 Å². The van der Waals surface area contributed by atoms with E-state index in [9.17, 15) is 9.18 Å². The van der Waals surface area contributed by atoms with Crippen LogP contribution in [0.3, 0.4) is 0 Å². The average Bonchev–Trinajstić information content (AvgIpc) is 3.45. The number of amides is 1. The maximum atomic E-state index is 13.0. The van der Waals surface area contributed by atoms with E-state index in [1.165, 1.54) is 33.2 Å². The molecule has 1 saturated heterocycles. The molecule has 0 atom stereocenters. The lowest BCUT2D eigenvalue weighted by molar-refractivity contribution is 0.0707. The monoisotopic (exact) mass is 453 g/mol. The molecule has 0 N–H and O–H groups in total. The summed E-state index contributed by atoms with van der Waals surface area (Å²) < 4.78 is 19.8. The van der Waals surface area contributed by atoms with Gasteiger partial charge in [-0.1, -0.05) is 12.1 Å². The topological polar surface area (TPSA) is 55.3 Å². The summed E-state index contributed by atoms with van der Waals surface area (Å²) in [6, 6.07) is 14.1. The second-order valence-electron chi connectivity index (χ2n) is 7.46. The Hall–Kier alpha value is -2.84. The van der Waals surface area contributed by atoms with Crippen molar-refractivity contribution in [3.63, 3.8) is 0 Å². The molecule has 1 amide bonds. The van der Waals surface area contributed by atoms with Gasteiger partial charge in [0, 0.05) is 24.4 Å². The summed E-state index contributed by atoms with van der Waals surface area (Å²) in [4.78, 5) is 24.0. The number of piperidine rings is 1. The van der Waals surface area contributed by atoms with Crippen LogP contribution >= 0.6 is 22.7 Å². The van der Waals surface area contributed by atoms with Crippen molar-refractivity contribution < 1.29 is 13.9 Å². The fourth-order valence-corrected chi connectivity index (χ4v) is 5.52. The molecule has 31 heavy (non-hydrogen) atoms. The number of hydrogen-bond donors (Lipinski definition) is 0. The van der Waals surface area contributed by atoms with Crippen LogP contribution in [0.4, 0.5) is 4.39 Å². The Morgan fingerprint density at radius 3 is 2.65 bits per heavy atom. The molecule has 158 valence electrons. The smallest absolute Gasteiger partial charge is 0.273 e. The maximum absolute atomic E-state index is 13.0. The highest BCUT2D eigenvalue weighted by atomic mass is 32.1. The van der Waals surface area contributed by atoms with Crippen molar-refractivity contribution in [2.75, 3.05) is 13.1 Å². The van der Waals surface area contributed by atoms with Gasteiger partial charge >= 0.3 is 0 Å². The van der Waals surface area contributed by atoms with Crippen LogP contribution in [0, 0.1) is 5.82 Å². The molecule has 1 aliphatic rings. The van der Waals surface area contributed by atoms with E-state index in [0.29, 0.717) is 30.5 Å². The number of benzene rings is 2.